The van der Waals surface area contributed by atoms with E-state index in [4.69, 9.17) is 4.42 Å². The molecule has 0 spiro atoms. The molecule has 0 radical (unpaired) electrons. The zero-order chi connectivity index (χ0) is 15.5. The summed E-state index contributed by atoms with van der Waals surface area (Å²) in [7, 11) is -1.69. The first-order valence-electron chi connectivity index (χ1n) is 7.34. The summed E-state index contributed by atoms with van der Waals surface area (Å²) in [5, 5.41) is 3.53. The molecule has 2 rings (SSSR count). The molecule has 120 valence electrons. The van der Waals surface area contributed by atoms with E-state index in [-0.39, 0.29) is 10.9 Å². The van der Waals surface area contributed by atoms with Gasteiger partial charge in [0, 0.05) is 17.4 Å². The number of rotatable bonds is 7. The molecule has 0 aliphatic heterocycles. The summed E-state index contributed by atoms with van der Waals surface area (Å²) in [6.45, 7) is 4.35. The van der Waals surface area contributed by atoms with Gasteiger partial charge in [0.15, 0.2) is 0 Å². The van der Waals surface area contributed by atoms with Crippen molar-refractivity contribution >= 4 is 21.8 Å². The minimum atomic E-state index is -3.49. The van der Waals surface area contributed by atoms with Crippen molar-refractivity contribution in [3.8, 4) is 0 Å². The van der Waals surface area contributed by atoms with E-state index in [1.54, 1.807) is 20.0 Å². The van der Waals surface area contributed by atoms with E-state index in [2.05, 4.69) is 17.0 Å². The van der Waals surface area contributed by atoms with Crippen LogP contribution in [0.2, 0.25) is 0 Å². The van der Waals surface area contributed by atoms with Crippen LogP contribution < -0.4 is 10.0 Å². The highest BCUT2D eigenvalue weighted by Gasteiger charge is 2.30. The summed E-state index contributed by atoms with van der Waals surface area (Å²) in [6, 6.07) is 1.66. The van der Waals surface area contributed by atoms with Crippen molar-refractivity contribution in [2.75, 3.05) is 12.8 Å². The lowest BCUT2D eigenvalue weighted by Gasteiger charge is -2.13. The highest BCUT2D eigenvalue weighted by molar-refractivity contribution is 7.99. The lowest BCUT2D eigenvalue weighted by atomic mass is 10.3. The Morgan fingerprint density at radius 3 is 2.86 bits per heavy atom. The highest BCUT2D eigenvalue weighted by atomic mass is 32.2. The normalized spacial score (nSPS) is 22.8. The van der Waals surface area contributed by atoms with Gasteiger partial charge >= 0.3 is 0 Å². The van der Waals surface area contributed by atoms with Gasteiger partial charge in [-0.2, -0.15) is 11.8 Å². The molecule has 1 aliphatic rings. The lowest BCUT2D eigenvalue weighted by molar-refractivity contribution is 0.465. The van der Waals surface area contributed by atoms with Gasteiger partial charge in [0.25, 0.3) is 0 Å². The monoisotopic (exact) mass is 332 g/mol. The molecule has 1 aliphatic carbocycles. The van der Waals surface area contributed by atoms with Gasteiger partial charge < -0.3 is 9.73 Å². The van der Waals surface area contributed by atoms with E-state index in [0.29, 0.717) is 23.3 Å². The number of thioether (sulfide) groups is 1. The number of furan rings is 1. The second kappa shape index (κ2) is 7.17. The minimum absolute atomic E-state index is 0.0427. The van der Waals surface area contributed by atoms with E-state index in [9.17, 15) is 8.42 Å². The Balaban J connectivity index is 2.05. The van der Waals surface area contributed by atoms with Crippen LogP contribution in [0, 0.1) is 6.92 Å². The average Bonchev–Trinajstić information content (AvgIpc) is 2.97. The first kappa shape index (κ1) is 16.9. The van der Waals surface area contributed by atoms with E-state index in [1.807, 2.05) is 11.8 Å². The SMILES string of the molecule is CCSC1CCC(NS(=O)(=O)c2cc(CNC)oc2C)C1. The fraction of sp³-hybridized carbons (Fsp3) is 0.714. The van der Waals surface area contributed by atoms with Gasteiger partial charge in [0.1, 0.15) is 16.4 Å². The molecule has 7 heteroatoms. The predicted molar refractivity (Wildman–Crippen MR) is 86.1 cm³/mol. The Morgan fingerprint density at radius 2 is 2.19 bits per heavy atom. The quantitative estimate of drug-likeness (QED) is 0.801. The molecular weight excluding hydrogens is 308 g/mol. The molecule has 5 nitrogen and oxygen atoms in total. The van der Waals surface area contributed by atoms with Gasteiger partial charge in [-0.25, -0.2) is 13.1 Å². The summed E-state index contributed by atoms with van der Waals surface area (Å²) < 4.78 is 33.3. The maximum atomic E-state index is 12.5. The smallest absolute Gasteiger partial charge is 0.244 e. The van der Waals surface area contributed by atoms with Gasteiger partial charge in [-0.15, -0.1) is 0 Å². The van der Waals surface area contributed by atoms with E-state index < -0.39 is 10.0 Å². The maximum Gasteiger partial charge on any atom is 0.244 e. The predicted octanol–water partition coefficient (Wildman–Crippen LogP) is 2.26. The van der Waals surface area contributed by atoms with Crippen LogP contribution in [-0.2, 0) is 16.6 Å². The first-order chi connectivity index (χ1) is 9.96. The van der Waals surface area contributed by atoms with Crippen molar-refractivity contribution in [2.24, 2.45) is 0 Å². The van der Waals surface area contributed by atoms with Crippen molar-refractivity contribution in [3.63, 3.8) is 0 Å². The Kier molecular flexibility index (Phi) is 5.76. The van der Waals surface area contributed by atoms with E-state index >= 15 is 0 Å². The third-order valence-corrected chi connectivity index (χ3v) is 6.53. The second-order valence-corrected chi connectivity index (χ2v) is 8.63. The molecule has 1 aromatic rings. The molecule has 2 N–H and O–H groups in total. The zero-order valence-corrected chi connectivity index (χ0v) is 14.4. The van der Waals surface area contributed by atoms with Crippen molar-refractivity contribution in [2.45, 2.75) is 55.8 Å². The largest absolute Gasteiger partial charge is 0.464 e. The van der Waals surface area contributed by atoms with Crippen LogP contribution in [0.1, 0.15) is 37.7 Å². The Hall–Kier alpha value is -0.500. The van der Waals surface area contributed by atoms with Crippen LogP contribution >= 0.6 is 11.8 Å². The van der Waals surface area contributed by atoms with Gasteiger partial charge in [0.05, 0.1) is 6.54 Å². The summed E-state index contributed by atoms with van der Waals surface area (Å²) >= 11 is 1.92. The third-order valence-electron chi connectivity index (χ3n) is 3.67. The second-order valence-electron chi connectivity index (χ2n) is 5.37. The molecular formula is C14H24N2O3S2. The first-order valence-corrected chi connectivity index (χ1v) is 9.87. The van der Waals surface area contributed by atoms with Crippen molar-refractivity contribution < 1.29 is 12.8 Å². The number of hydrogen-bond donors (Lipinski definition) is 2. The molecule has 1 saturated carbocycles. The molecule has 1 fully saturated rings. The summed E-state index contributed by atoms with van der Waals surface area (Å²) in [6.07, 6.45) is 2.91. The molecule has 21 heavy (non-hydrogen) atoms. The molecule has 0 saturated heterocycles. The van der Waals surface area contributed by atoms with Gasteiger partial charge in [-0.1, -0.05) is 6.92 Å². The van der Waals surface area contributed by atoms with E-state index in [0.717, 1.165) is 25.0 Å². The number of sulfonamides is 1. The standard InChI is InChI=1S/C14H24N2O3S2/c1-4-20-13-6-5-11(7-13)16-21(17,18)14-8-12(9-15-3)19-10(14)2/h8,11,13,15-16H,4-7,9H2,1-3H3. The molecule has 1 heterocycles. The Morgan fingerprint density at radius 1 is 1.43 bits per heavy atom. The summed E-state index contributed by atoms with van der Waals surface area (Å²) in [5.74, 6) is 2.17. The van der Waals surface area contributed by atoms with Crippen molar-refractivity contribution in [3.05, 3.63) is 17.6 Å². The zero-order valence-electron chi connectivity index (χ0n) is 12.8. The molecule has 0 amide bonds. The minimum Gasteiger partial charge on any atom is -0.464 e. The molecule has 1 aromatic heterocycles. The van der Waals surface area contributed by atoms with Crippen LogP contribution in [0.4, 0.5) is 0 Å². The lowest BCUT2D eigenvalue weighted by Crippen LogP contribution is -2.33. The maximum absolute atomic E-state index is 12.5. The average molecular weight is 332 g/mol. The molecule has 2 atom stereocenters. The van der Waals surface area contributed by atoms with Crippen LogP contribution in [0.15, 0.2) is 15.4 Å². The number of nitrogens with one attached hydrogen (secondary N) is 2. The highest BCUT2D eigenvalue weighted by Crippen LogP contribution is 2.31. The topological polar surface area (TPSA) is 71.3 Å². The number of aryl methyl sites for hydroxylation is 1. The van der Waals surface area contributed by atoms with Gasteiger partial charge in [0.2, 0.25) is 10.0 Å². The molecule has 0 aromatic carbocycles. The molecule has 2 unspecified atom stereocenters. The fourth-order valence-corrected chi connectivity index (χ4v) is 5.40. The summed E-state index contributed by atoms with van der Waals surface area (Å²) in [4.78, 5) is 0.263. The van der Waals surface area contributed by atoms with Crippen molar-refractivity contribution in [1.82, 2.24) is 10.0 Å². The number of hydrogen-bond acceptors (Lipinski definition) is 5. The Bertz CT molecular complexity index is 569. The van der Waals surface area contributed by atoms with Crippen molar-refractivity contribution in [1.29, 1.82) is 0 Å². The van der Waals surface area contributed by atoms with Crippen LogP contribution in [0.25, 0.3) is 0 Å². The Labute approximate surface area is 131 Å². The molecule has 0 bridgehead atoms. The third kappa shape index (κ3) is 4.25. The van der Waals surface area contributed by atoms with Gasteiger partial charge in [-0.3, -0.25) is 0 Å². The van der Waals surface area contributed by atoms with Crippen LogP contribution in [-0.4, -0.2) is 32.5 Å². The van der Waals surface area contributed by atoms with E-state index in [1.165, 1.54) is 0 Å². The van der Waals surface area contributed by atoms with Gasteiger partial charge in [-0.05, 0) is 39.0 Å². The fourth-order valence-electron chi connectivity index (χ4n) is 2.77. The summed E-state index contributed by atoms with van der Waals surface area (Å²) in [5.41, 5.74) is 0. The van der Waals surface area contributed by atoms with Crippen LogP contribution in [0.5, 0.6) is 0 Å². The van der Waals surface area contributed by atoms with Crippen LogP contribution in [0.3, 0.4) is 0 Å².